The molecule has 2 atom stereocenters. The molecule has 0 aromatic carbocycles. The summed E-state index contributed by atoms with van der Waals surface area (Å²) in [7, 11) is 0. The maximum Gasteiger partial charge on any atom is 1.00 e. The van der Waals surface area contributed by atoms with E-state index in [9.17, 15) is 9.90 Å². The fraction of sp³-hybridized carbons (Fsp3) is 0.833. The molecular weight excluding hydrogens is 143 g/mol. The predicted molar refractivity (Wildman–Crippen MR) is 31.9 cm³/mol. The van der Waals surface area contributed by atoms with Crippen molar-refractivity contribution in [2.24, 2.45) is 5.92 Å². The number of carboxylic acids is 1. The number of rotatable bonds is 3. The average Bonchev–Trinajstić information content (AvgIpc) is 1.59. The maximum absolute atomic E-state index is 10.2. The Morgan fingerprint density at radius 3 is 1.55 bits per heavy atom. The van der Waals surface area contributed by atoms with Gasteiger partial charge in [0.25, 0.3) is 0 Å². The van der Waals surface area contributed by atoms with E-state index in [0.29, 0.717) is 0 Å². The first-order chi connectivity index (χ1) is 4.46. The number of aliphatic carboxylic acids is 1. The Kier molecular flexibility index (Phi) is 6.92. The summed E-state index contributed by atoms with van der Waals surface area (Å²) >= 11 is 0. The summed E-state index contributed by atoms with van der Waals surface area (Å²) in [4.78, 5) is 10.2. The zero-order valence-corrected chi connectivity index (χ0v) is 6.94. The van der Waals surface area contributed by atoms with Crippen LogP contribution in [0.5, 0.6) is 0 Å². The molecule has 0 aliphatic heterocycles. The van der Waals surface area contributed by atoms with E-state index in [1.54, 1.807) is 0 Å². The molecular formula is C6H11LiO4. The van der Waals surface area contributed by atoms with Gasteiger partial charge in [-0.1, -0.05) is 0 Å². The van der Waals surface area contributed by atoms with Crippen molar-refractivity contribution in [2.45, 2.75) is 26.1 Å². The standard InChI is InChI=1S/C6H12O4.Li/c1-3(7)5(4(2)8)6(9)10;/h3-5,7-8H,1-2H3,(H,9,10);/q;+1/p-1. The maximum atomic E-state index is 10.2. The first kappa shape index (κ1) is 13.6. The molecule has 2 N–H and O–H groups in total. The zero-order valence-electron chi connectivity index (χ0n) is 6.94. The monoisotopic (exact) mass is 154 g/mol. The van der Waals surface area contributed by atoms with Gasteiger partial charge in [-0.15, -0.1) is 0 Å². The summed E-state index contributed by atoms with van der Waals surface area (Å²) in [6.07, 6.45) is -2.16. The van der Waals surface area contributed by atoms with Crippen molar-refractivity contribution in [3.63, 3.8) is 0 Å². The molecule has 0 spiro atoms. The van der Waals surface area contributed by atoms with Crippen LogP contribution in [0.1, 0.15) is 13.8 Å². The molecule has 0 radical (unpaired) electrons. The summed E-state index contributed by atoms with van der Waals surface area (Å²) in [5.74, 6) is -2.62. The van der Waals surface area contributed by atoms with E-state index < -0.39 is 24.1 Å². The van der Waals surface area contributed by atoms with Crippen molar-refractivity contribution in [1.29, 1.82) is 0 Å². The Hall–Kier alpha value is -0.0126. The molecule has 0 aliphatic rings. The number of carbonyl (C=O) groups is 1. The van der Waals surface area contributed by atoms with Gasteiger partial charge in [0, 0.05) is 11.9 Å². The van der Waals surface area contributed by atoms with Crippen molar-refractivity contribution in [2.75, 3.05) is 0 Å². The van der Waals surface area contributed by atoms with Gasteiger partial charge in [0.05, 0.1) is 12.2 Å². The summed E-state index contributed by atoms with van der Waals surface area (Å²) in [6.45, 7) is 2.60. The predicted octanol–water partition coefficient (Wildman–Crippen LogP) is -4.88. The molecule has 0 saturated heterocycles. The van der Waals surface area contributed by atoms with Crippen LogP contribution in [-0.2, 0) is 4.79 Å². The van der Waals surface area contributed by atoms with Crippen molar-refractivity contribution < 1.29 is 39.0 Å². The van der Waals surface area contributed by atoms with Crippen LogP contribution >= 0.6 is 0 Å². The van der Waals surface area contributed by atoms with E-state index in [2.05, 4.69) is 0 Å². The van der Waals surface area contributed by atoms with Gasteiger partial charge in [-0.3, -0.25) is 0 Å². The molecule has 0 amide bonds. The van der Waals surface area contributed by atoms with E-state index in [1.165, 1.54) is 13.8 Å². The fourth-order valence-electron chi connectivity index (χ4n) is 0.797. The van der Waals surface area contributed by atoms with Gasteiger partial charge in [0.15, 0.2) is 0 Å². The van der Waals surface area contributed by atoms with Crippen molar-refractivity contribution >= 4 is 5.97 Å². The minimum atomic E-state index is -1.43. The Morgan fingerprint density at radius 1 is 1.27 bits per heavy atom. The quantitative estimate of drug-likeness (QED) is 0.399. The minimum Gasteiger partial charge on any atom is -0.550 e. The molecule has 60 valence electrons. The van der Waals surface area contributed by atoms with Crippen molar-refractivity contribution in [3.05, 3.63) is 0 Å². The topological polar surface area (TPSA) is 80.6 Å². The molecule has 0 aromatic rings. The average molecular weight is 154 g/mol. The van der Waals surface area contributed by atoms with E-state index in [1.807, 2.05) is 0 Å². The molecule has 0 aliphatic carbocycles. The molecule has 0 heterocycles. The first-order valence-corrected chi connectivity index (χ1v) is 3.03. The van der Waals surface area contributed by atoms with E-state index in [4.69, 9.17) is 10.2 Å². The van der Waals surface area contributed by atoms with E-state index >= 15 is 0 Å². The Labute approximate surface area is 77.4 Å². The van der Waals surface area contributed by atoms with Gasteiger partial charge in [0.1, 0.15) is 0 Å². The summed E-state index contributed by atoms with van der Waals surface area (Å²) in [5.41, 5.74) is 0. The third-order valence-corrected chi connectivity index (χ3v) is 1.31. The molecule has 2 unspecified atom stereocenters. The van der Waals surface area contributed by atoms with Crippen LogP contribution in [0.25, 0.3) is 0 Å². The Bertz CT molecular complexity index is 116. The van der Waals surface area contributed by atoms with Crippen molar-refractivity contribution in [1.82, 2.24) is 0 Å². The Morgan fingerprint density at radius 2 is 1.55 bits per heavy atom. The third kappa shape index (κ3) is 4.43. The van der Waals surface area contributed by atoms with E-state index in [0.717, 1.165) is 0 Å². The van der Waals surface area contributed by atoms with Crippen LogP contribution in [0.3, 0.4) is 0 Å². The molecule has 0 fully saturated rings. The fourth-order valence-corrected chi connectivity index (χ4v) is 0.797. The van der Waals surface area contributed by atoms with Crippen LogP contribution in [0, 0.1) is 5.92 Å². The van der Waals surface area contributed by atoms with Crippen LogP contribution in [0.4, 0.5) is 0 Å². The number of aliphatic hydroxyl groups excluding tert-OH is 2. The normalized spacial score (nSPS) is 17.8. The number of hydrogen-bond donors (Lipinski definition) is 2. The smallest absolute Gasteiger partial charge is 0.550 e. The second-order valence-corrected chi connectivity index (χ2v) is 2.33. The molecule has 4 nitrogen and oxygen atoms in total. The number of aliphatic hydroxyl groups is 2. The van der Waals surface area contributed by atoms with Gasteiger partial charge in [-0.05, 0) is 13.8 Å². The summed E-state index contributed by atoms with van der Waals surface area (Å²) in [5, 5.41) is 27.7. The number of hydrogen-bond acceptors (Lipinski definition) is 4. The van der Waals surface area contributed by atoms with Crippen LogP contribution < -0.4 is 24.0 Å². The van der Waals surface area contributed by atoms with Gasteiger partial charge < -0.3 is 20.1 Å². The summed E-state index contributed by atoms with van der Waals surface area (Å²) < 4.78 is 0. The molecule has 11 heavy (non-hydrogen) atoms. The van der Waals surface area contributed by atoms with Gasteiger partial charge in [0.2, 0.25) is 0 Å². The molecule has 5 heteroatoms. The molecule has 0 aromatic heterocycles. The van der Waals surface area contributed by atoms with Crippen LogP contribution in [-0.4, -0.2) is 28.4 Å². The van der Waals surface area contributed by atoms with Gasteiger partial charge in [-0.2, -0.15) is 0 Å². The van der Waals surface area contributed by atoms with Crippen molar-refractivity contribution in [3.8, 4) is 0 Å². The Balaban J connectivity index is 0. The molecule has 0 bridgehead atoms. The van der Waals surface area contributed by atoms with Gasteiger partial charge in [-0.25, -0.2) is 0 Å². The second-order valence-electron chi connectivity index (χ2n) is 2.33. The van der Waals surface area contributed by atoms with E-state index in [-0.39, 0.29) is 18.9 Å². The zero-order chi connectivity index (χ0) is 8.31. The number of carbonyl (C=O) groups excluding carboxylic acids is 1. The van der Waals surface area contributed by atoms with Crippen LogP contribution in [0.15, 0.2) is 0 Å². The molecule has 0 saturated carbocycles. The third-order valence-electron chi connectivity index (χ3n) is 1.31. The number of carboxylic acid groups (broad SMARTS) is 1. The first-order valence-electron chi connectivity index (χ1n) is 3.03. The van der Waals surface area contributed by atoms with Crippen LogP contribution in [0.2, 0.25) is 0 Å². The largest absolute Gasteiger partial charge is 1.00 e. The van der Waals surface area contributed by atoms with Gasteiger partial charge >= 0.3 is 18.9 Å². The SMILES string of the molecule is CC(O)C(C(=O)[O-])C(C)O.[Li+]. The molecule has 0 rings (SSSR count). The minimum absolute atomic E-state index is 0. The second kappa shape index (κ2) is 5.61. The summed E-state index contributed by atoms with van der Waals surface area (Å²) in [6, 6.07) is 0.